The number of nitriles is 1. The van der Waals surface area contributed by atoms with Crippen molar-refractivity contribution in [2.24, 2.45) is 4.99 Å². The van der Waals surface area contributed by atoms with Crippen LogP contribution in [0.1, 0.15) is 31.7 Å². The summed E-state index contributed by atoms with van der Waals surface area (Å²) in [5, 5.41) is 15.1. The van der Waals surface area contributed by atoms with Crippen LogP contribution in [0.4, 0.5) is 11.4 Å². The summed E-state index contributed by atoms with van der Waals surface area (Å²) in [6, 6.07) is 13.0. The molecule has 0 amide bonds. The first kappa shape index (κ1) is 19.1. The monoisotopic (exact) mass is 351 g/mol. The standard InChI is InChI=1S/C20H25N5O/c1-3-4-5-12-23-20(24-14-21)25-17-7-9-18(10-8-17)26-19-11-6-16(22)13-15(19)2/h6-11,13H,3-5,12,22H2,1-2H3,(H2,23,24,25). The molecule has 0 aliphatic carbocycles. The zero-order valence-electron chi connectivity index (χ0n) is 15.2. The maximum atomic E-state index is 8.82. The van der Waals surface area contributed by atoms with Crippen molar-refractivity contribution in [2.45, 2.75) is 33.1 Å². The number of guanidine groups is 1. The normalized spacial score (nSPS) is 10.9. The molecule has 26 heavy (non-hydrogen) atoms. The van der Waals surface area contributed by atoms with Crippen LogP contribution in [0.15, 0.2) is 47.5 Å². The van der Waals surface area contributed by atoms with Gasteiger partial charge in [0, 0.05) is 17.9 Å². The number of unbranched alkanes of at least 4 members (excludes halogenated alkanes) is 2. The second-order valence-corrected chi connectivity index (χ2v) is 5.97. The molecular weight excluding hydrogens is 326 g/mol. The topological polar surface area (TPSA) is 95.5 Å². The van der Waals surface area contributed by atoms with Crippen LogP contribution in [0.2, 0.25) is 0 Å². The number of aliphatic imine (C=N–C) groups is 1. The van der Waals surface area contributed by atoms with Gasteiger partial charge in [0.1, 0.15) is 11.5 Å². The molecule has 0 radical (unpaired) electrons. The van der Waals surface area contributed by atoms with Gasteiger partial charge >= 0.3 is 0 Å². The Hall–Kier alpha value is -3.20. The SMILES string of the molecule is CCCCCNC(=NC#N)Nc1ccc(Oc2ccc(N)cc2C)cc1. The van der Waals surface area contributed by atoms with Crippen LogP contribution in [0.3, 0.4) is 0 Å². The quantitative estimate of drug-likeness (QED) is 0.226. The van der Waals surface area contributed by atoms with Crippen molar-refractivity contribution in [1.82, 2.24) is 5.32 Å². The lowest BCUT2D eigenvalue weighted by Gasteiger charge is -2.12. The van der Waals surface area contributed by atoms with Crippen molar-refractivity contribution in [2.75, 3.05) is 17.6 Å². The molecule has 0 aliphatic rings. The molecular formula is C20H25N5O. The number of anilines is 2. The molecule has 0 heterocycles. The number of nitrogens with one attached hydrogen (secondary N) is 2. The van der Waals surface area contributed by atoms with Gasteiger partial charge in [0.05, 0.1) is 0 Å². The minimum atomic E-state index is 0.451. The van der Waals surface area contributed by atoms with Gasteiger partial charge in [0.15, 0.2) is 0 Å². The van der Waals surface area contributed by atoms with Crippen molar-refractivity contribution in [1.29, 1.82) is 5.26 Å². The van der Waals surface area contributed by atoms with Crippen LogP contribution < -0.4 is 21.1 Å². The lowest BCUT2D eigenvalue weighted by Crippen LogP contribution is -2.31. The fourth-order valence-electron chi connectivity index (χ4n) is 2.40. The van der Waals surface area contributed by atoms with Crippen LogP contribution in [0.25, 0.3) is 0 Å². The highest BCUT2D eigenvalue weighted by molar-refractivity contribution is 5.94. The second kappa shape index (κ2) is 9.94. The second-order valence-electron chi connectivity index (χ2n) is 5.97. The molecule has 2 aromatic carbocycles. The summed E-state index contributed by atoms with van der Waals surface area (Å²) in [5.74, 6) is 1.94. The van der Waals surface area contributed by atoms with Gasteiger partial charge in [-0.2, -0.15) is 5.26 Å². The first-order valence-electron chi connectivity index (χ1n) is 8.74. The van der Waals surface area contributed by atoms with E-state index in [1.165, 1.54) is 0 Å². The Morgan fingerprint density at radius 2 is 1.96 bits per heavy atom. The zero-order valence-corrected chi connectivity index (χ0v) is 15.2. The number of nitrogens with zero attached hydrogens (tertiary/aromatic N) is 2. The van der Waals surface area contributed by atoms with Gasteiger partial charge < -0.3 is 21.1 Å². The van der Waals surface area contributed by atoms with E-state index in [-0.39, 0.29) is 0 Å². The summed E-state index contributed by atoms with van der Waals surface area (Å²) < 4.78 is 5.88. The van der Waals surface area contributed by atoms with E-state index in [2.05, 4.69) is 22.5 Å². The van der Waals surface area contributed by atoms with E-state index < -0.39 is 0 Å². The minimum absolute atomic E-state index is 0.451. The average Bonchev–Trinajstić information content (AvgIpc) is 2.63. The molecule has 0 aromatic heterocycles. The van der Waals surface area contributed by atoms with Crippen molar-refractivity contribution < 1.29 is 4.74 Å². The van der Waals surface area contributed by atoms with E-state index in [1.54, 1.807) is 0 Å². The summed E-state index contributed by atoms with van der Waals surface area (Å²) in [4.78, 5) is 3.78. The highest BCUT2D eigenvalue weighted by Crippen LogP contribution is 2.27. The molecule has 2 aromatic rings. The summed E-state index contributed by atoms with van der Waals surface area (Å²) in [6.45, 7) is 4.88. The van der Waals surface area contributed by atoms with E-state index in [0.717, 1.165) is 48.6 Å². The molecule has 0 saturated carbocycles. The highest BCUT2D eigenvalue weighted by Gasteiger charge is 2.04. The van der Waals surface area contributed by atoms with E-state index in [4.69, 9.17) is 15.7 Å². The lowest BCUT2D eigenvalue weighted by atomic mass is 10.2. The summed E-state index contributed by atoms with van der Waals surface area (Å²) in [7, 11) is 0. The minimum Gasteiger partial charge on any atom is -0.457 e. The van der Waals surface area contributed by atoms with Crippen LogP contribution in [0.5, 0.6) is 11.5 Å². The molecule has 0 bridgehead atoms. The van der Waals surface area contributed by atoms with Crippen LogP contribution in [-0.4, -0.2) is 12.5 Å². The Bertz CT molecular complexity index is 778. The number of nitrogens with two attached hydrogens (primary N) is 1. The highest BCUT2D eigenvalue weighted by atomic mass is 16.5. The average molecular weight is 351 g/mol. The van der Waals surface area contributed by atoms with Crippen LogP contribution in [-0.2, 0) is 0 Å². The molecule has 0 unspecified atom stereocenters. The molecule has 6 heteroatoms. The molecule has 4 N–H and O–H groups in total. The molecule has 0 saturated heterocycles. The van der Waals surface area contributed by atoms with Gasteiger partial charge in [-0.15, -0.1) is 4.99 Å². The number of hydrogen-bond donors (Lipinski definition) is 3. The van der Waals surface area contributed by atoms with Crippen molar-refractivity contribution in [3.8, 4) is 17.7 Å². The summed E-state index contributed by atoms with van der Waals surface area (Å²) >= 11 is 0. The Balaban J connectivity index is 1.97. The molecule has 0 atom stereocenters. The fraction of sp³-hybridized carbons (Fsp3) is 0.300. The molecule has 136 valence electrons. The van der Waals surface area contributed by atoms with Gasteiger partial charge in [0.2, 0.25) is 12.2 Å². The maximum absolute atomic E-state index is 8.82. The van der Waals surface area contributed by atoms with E-state index >= 15 is 0 Å². The lowest BCUT2D eigenvalue weighted by molar-refractivity contribution is 0.479. The number of ether oxygens (including phenoxy) is 1. The Morgan fingerprint density at radius 1 is 1.19 bits per heavy atom. The fourth-order valence-corrected chi connectivity index (χ4v) is 2.40. The van der Waals surface area contributed by atoms with E-state index in [0.29, 0.717) is 11.6 Å². The van der Waals surface area contributed by atoms with E-state index in [1.807, 2.05) is 55.6 Å². The number of nitrogen functional groups attached to an aromatic ring is 1. The maximum Gasteiger partial charge on any atom is 0.211 e. The molecule has 0 fully saturated rings. The van der Waals surface area contributed by atoms with E-state index in [9.17, 15) is 0 Å². The number of aryl methyl sites for hydroxylation is 1. The molecule has 0 spiro atoms. The number of hydrogen-bond acceptors (Lipinski definition) is 4. The predicted octanol–water partition coefficient (Wildman–Crippen LogP) is 4.40. The van der Waals surface area contributed by atoms with Gasteiger partial charge in [-0.05, 0) is 61.4 Å². The van der Waals surface area contributed by atoms with Gasteiger partial charge in [-0.1, -0.05) is 19.8 Å². The molecule has 0 aliphatic heterocycles. The third kappa shape index (κ3) is 6.02. The summed E-state index contributed by atoms with van der Waals surface area (Å²) in [5.41, 5.74) is 8.27. The number of rotatable bonds is 7. The Labute approximate surface area is 154 Å². The van der Waals surface area contributed by atoms with Crippen LogP contribution >= 0.6 is 0 Å². The first-order valence-corrected chi connectivity index (χ1v) is 8.74. The Kier molecular flexibility index (Phi) is 7.31. The van der Waals surface area contributed by atoms with Crippen molar-refractivity contribution >= 4 is 17.3 Å². The smallest absolute Gasteiger partial charge is 0.211 e. The van der Waals surface area contributed by atoms with Gasteiger partial charge in [0.25, 0.3) is 0 Å². The largest absolute Gasteiger partial charge is 0.457 e. The van der Waals surface area contributed by atoms with Gasteiger partial charge in [-0.3, -0.25) is 0 Å². The Morgan fingerprint density at radius 3 is 2.62 bits per heavy atom. The zero-order chi connectivity index (χ0) is 18.8. The molecule has 2 rings (SSSR count). The van der Waals surface area contributed by atoms with Crippen molar-refractivity contribution in [3.63, 3.8) is 0 Å². The first-order chi connectivity index (χ1) is 12.6. The predicted molar refractivity (Wildman–Crippen MR) is 106 cm³/mol. The van der Waals surface area contributed by atoms with Crippen LogP contribution in [0, 0.1) is 18.4 Å². The molecule has 6 nitrogen and oxygen atoms in total. The third-order valence-electron chi connectivity index (χ3n) is 3.78. The number of benzene rings is 2. The summed E-state index contributed by atoms with van der Waals surface area (Å²) in [6.07, 6.45) is 5.14. The van der Waals surface area contributed by atoms with Crippen molar-refractivity contribution in [3.05, 3.63) is 48.0 Å². The van der Waals surface area contributed by atoms with Gasteiger partial charge in [-0.25, -0.2) is 0 Å². The third-order valence-corrected chi connectivity index (χ3v) is 3.78.